The summed E-state index contributed by atoms with van der Waals surface area (Å²) in [6.07, 6.45) is 8.05. The number of aliphatic imine (C=N–C) groups is 1. The highest BCUT2D eigenvalue weighted by Gasteiger charge is 2.43. The minimum atomic E-state index is -0.751. The molecule has 36 heavy (non-hydrogen) atoms. The molecule has 198 valence electrons. The first-order valence-corrected chi connectivity index (χ1v) is 13.1. The Hall–Kier alpha value is -2.69. The maximum absolute atomic E-state index is 11.2. The summed E-state index contributed by atoms with van der Waals surface area (Å²) in [4.78, 5) is 14.3. The molecule has 1 heterocycles. The molecule has 6 N–H and O–H groups in total. The Morgan fingerprint density at radius 1 is 1.39 bits per heavy atom. The van der Waals surface area contributed by atoms with Crippen molar-refractivity contribution in [2.75, 3.05) is 13.2 Å². The summed E-state index contributed by atoms with van der Waals surface area (Å²) in [5.41, 5.74) is 11.4. The van der Waals surface area contributed by atoms with Crippen molar-refractivity contribution in [2.24, 2.45) is 35.5 Å². The molecule has 6 atom stereocenters. The van der Waals surface area contributed by atoms with Gasteiger partial charge >= 0.3 is 0 Å². The highest BCUT2D eigenvalue weighted by atomic mass is 16.7. The standard InChI is InChI=1S/C26H40N6O4/c1-3-6-16-11-17(25(34)29-19(15-33)7-5-10-28-26(27)30-32(35)36)12-22-20-8-4-9-23-24(20)18(13-21(16)22)14-31(23)2/h4,8-9,14,16-17,19,21-22,25,29,33-34H,3,5-7,10-13,15H2,1-2H3,(H3,27,28,30)/t16?,17?,19-,21?,22+,25?/m0/s1. The third-order valence-electron chi connectivity index (χ3n) is 8.20. The Bertz CT molecular complexity index is 1090. The first-order valence-electron chi connectivity index (χ1n) is 13.1. The van der Waals surface area contributed by atoms with Gasteiger partial charge in [0.1, 0.15) is 6.23 Å². The van der Waals surface area contributed by atoms with Crippen LogP contribution >= 0.6 is 0 Å². The Morgan fingerprint density at radius 2 is 2.19 bits per heavy atom. The van der Waals surface area contributed by atoms with E-state index in [2.05, 4.69) is 53.2 Å². The molecule has 0 amide bonds. The first kappa shape index (κ1) is 26.4. The molecule has 4 unspecified atom stereocenters. The number of hydrogen-bond acceptors (Lipinski definition) is 6. The molecule has 0 radical (unpaired) electrons. The van der Waals surface area contributed by atoms with Crippen molar-refractivity contribution in [2.45, 2.75) is 70.1 Å². The summed E-state index contributed by atoms with van der Waals surface area (Å²) >= 11 is 0. The van der Waals surface area contributed by atoms with Gasteiger partial charge in [0, 0.05) is 36.7 Å². The fourth-order valence-corrected chi connectivity index (χ4v) is 6.67. The minimum absolute atomic E-state index is 0.104. The summed E-state index contributed by atoms with van der Waals surface area (Å²) in [5, 5.41) is 35.4. The average molecular weight is 501 g/mol. The molecule has 0 bridgehead atoms. The molecular weight excluding hydrogens is 460 g/mol. The number of nitrogens with zero attached hydrogens (tertiary/aromatic N) is 3. The van der Waals surface area contributed by atoms with Crippen molar-refractivity contribution in [1.29, 1.82) is 0 Å². The number of guanidine groups is 1. The second-order valence-electron chi connectivity index (χ2n) is 10.5. The number of aryl methyl sites for hydroxylation is 1. The van der Waals surface area contributed by atoms with Gasteiger partial charge in [-0.2, -0.15) is 0 Å². The van der Waals surface area contributed by atoms with Crippen molar-refractivity contribution in [1.82, 2.24) is 15.3 Å². The van der Waals surface area contributed by atoms with E-state index < -0.39 is 11.3 Å². The maximum Gasteiger partial charge on any atom is 0.251 e. The molecule has 2 aliphatic rings. The molecule has 1 saturated carbocycles. The zero-order chi connectivity index (χ0) is 25.8. The van der Waals surface area contributed by atoms with Crippen LogP contribution in [-0.2, 0) is 13.5 Å². The van der Waals surface area contributed by atoms with Gasteiger partial charge in [0.2, 0.25) is 0 Å². The summed E-state index contributed by atoms with van der Waals surface area (Å²) in [6.45, 7) is 2.44. The van der Waals surface area contributed by atoms with Crippen LogP contribution in [0.4, 0.5) is 0 Å². The lowest BCUT2D eigenvalue weighted by Gasteiger charge is -2.46. The van der Waals surface area contributed by atoms with Crippen LogP contribution in [0.3, 0.4) is 0 Å². The van der Waals surface area contributed by atoms with Crippen LogP contribution in [0.25, 0.3) is 10.9 Å². The number of hydrazine groups is 1. The lowest BCUT2D eigenvalue weighted by molar-refractivity contribution is -0.525. The molecule has 2 aliphatic carbocycles. The van der Waals surface area contributed by atoms with Gasteiger partial charge in [0.15, 0.2) is 5.03 Å². The Labute approximate surface area is 212 Å². The lowest BCUT2D eigenvalue weighted by atomic mass is 9.60. The Balaban J connectivity index is 1.43. The quantitative estimate of drug-likeness (QED) is 0.0793. The monoisotopic (exact) mass is 500 g/mol. The van der Waals surface area contributed by atoms with Crippen LogP contribution in [-0.4, -0.2) is 51.2 Å². The highest BCUT2D eigenvalue weighted by Crippen LogP contribution is 2.52. The molecule has 0 aliphatic heterocycles. The minimum Gasteiger partial charge on any atom is -0.395 e. The molecule has 0 saturated heterocycles. The summed E-state index contributed by atoms with van der Waals surface area (Å²) < 4.78 is 2.24. The molecule has 1 aromatic carbocycles. The predicted octanol–water partition coefficient (Wildman–Crippen LogP) is 2.41. The van der Waals surface area contributed by atoms with E-state index in [0.29, 0.717) is 37.1 Å². The van der Waals surface area contributed by atoms with Gasteiger partial charge in [-0.1, -0.05) is 37.3 Å². The van der Waals surface area contributed by atoms with E-state index in [4.69, 9.17) is 5.73 Å². The number of nitro groups is 1. The van der Waals surface area contributed by atoms with E-state index in [1.807, 2.05) is 5.43 Å². The number of benzene rings is 1. The van der Waals surface area contributed by atoms with Gasteiger partial charge in [-0.05, 0) is 73.0 Å². The molecule has 2 aromatic rings. The molecule has 10 heteroatoms. The van der Waals surface area contributed by atoms with Gasteiger partial charge in [0.05, 0.1) is 6.61 Å². The van der Waals surface area contributed by atoms with Gasteiger partial charge in [-0.3, -0.25) is 5.32 Å². The second kappa shape index (κ2) is 11.6. The van der Waals surface area contributed by atoms with Crippen molar-refractivity contribution >= 4 is 16.9 Å². The van der Waals surface area contributed by atoms with Gasteiger partial charge in [0.25, 0.3) is 5.96 Å². The summed E-state index contributed by atoms with van der Waals surface area (Å²) in [6, 6.07) is 6.36. The number of aromatic nitrogens is 1. The van der Waals surface area contributed by atoms with Crippen LogP contribution in [0.2, 0.25) is 0 Å². The van der Waals surface area contributed by atoms with Gasteiger partial charge in [-0.15, -0.1) is 0 Å². The highest BCUT2D eigenvalue weighted by molar-refractivity contribution is 5.88. The predicted molar refractivity (Wildman–Crippen MR) is 140 cm³/mol. The summed E-state index contributed by atoms with van der Waals surface area (Å²) in [7, 11) is 2.12. The third-order valence-corrected chi connectivity index (χ3v) is 8.20. The van der Waals surface area contributed by atoms with Gasteiger partial charge in [-0.25, -0.2) is 15.1 Å². The van der Waals surface area contributed by atoms with Crippen molar-refractivity contribution in [3.63, 3.8) is 0 Å². The van der Waals surface area contributed by atoms with E-state index in [9.17, 15) is 20.3 Å². The number of fused-ring (bicyclic) bond motifs is 2. The van der Waals surface area contributed by atoms with Crippen molar-refractivity contribution < 1.29 is 15.2 Å². The van der Waals surface area contributed by atoms with Crippen LogP contribution in [0.5, 0.6) is 0 Å². The third kappa shape index (κ3) is 5.66. The van der Waals surface area contributed by atoms with Crippen LogP contribution < -0.4 is 16.5 Å². The number of rotatable bonds is 11. The Morgan fingerprint density at radius 3 is 2.92 bits per heavy atom. The SMILES string of the molecule is CCCC1CC(C(O)N[C@H](CO)CCCN=C(N)N[N+](=O)[O-])C[C@@H]2c3cccc4c3c(cn4C)CC12. The van der Waals surface area contributed by atoms with Crippen LogP contribution in [0, 0.1) is 27.9 Å². The molecule has 10 nitrogen and oxygen atoms in total. The molecule has 1 fully saturated rings. The fourth-order valence-electron chi connectivity index (χ4n) is 6.67. The lowest BCUT2D eigenvalue weighted by Crippen LogP contribution is -2.48. The normalized spacial score (nSPS) is 25.4. The topological polar surface area (TPSA) is 151 Å². The van der Waals surface area contributed by atoms with Gasteiger partial charge < -0.3 is 20.5 Å². The van der Waals surface area contributed by atoms with E-state index in [1.165, 1.54) is 22.0 Å². The molecule has 0 spiro atoms. The maximum atomic E-state index is 11.2. The molecule has 4 rings (SSSR count). The van der Waals surface area contributed by atoms with Crippen LogP contribution in [0.1, 0.15) is 62.5 Å². The number of aliphatic hydroxyl groups is 2. The summed E-state index contributed by atoms with van der Waals surface area (Å²) in [5.74, 6) is 1.44. The number of nitrogens with one attached hydrogen (secondary N) is 2. The van der Waals surface area contributed by atoms with Crippen molar-refractivity contribution in [3.05, 3.63) is 45.6 Å². The largest absolute Gasteiger partial charge is 0.395 e. The van der Waals surface area contributed by atoms with Crippen molar-refractivity contribution in [3.8, 4) is 0 Å². The molecular formula is C26H40N6O4. The Kier molecular flexibility index (Phi) is 8.48. The molecule has 1 aromatic heterocycles. The first-order chi connectivity index (χ1) is 17.3. The fraction of sp³-hybridized carbons (Fsp3) is 0.654. The van der Waals surface area contributed by atoms with E-state index in [0.717, 1.165) is 32.1 Å². The van der Waals surface area contributed by atoms with Crippen LogP contribution in [0.15, 0.2) is 29.4 Å². The van der Waals surface area contributed by atoms with E-state index in [-0.39, 0.29) is 24.5 Å². The number of nitrogens with two attached hydrogens (primary N) is 1. The van der Waals surface area contributed by atoms with E-state index in [1.54, 1.807) is 0 Å². The number of hydrogen-bond donors (Lipinski definition) is 5. The second-order valence-corrected chi connectivity index (χ2v) is 10.5. The van der Waals surface area contributed by atoms with E-state index >= 15 is 0 Å². The zero-order valence-electron chi connectivity index (χ0n) is 21.3. The average Bonchev–Trinajstić information content (AvgIpc) is 3.17. The number of aliphatic hydroxyl groups excluding tert-OH is 2. The smallest absolute Gasteiger partial charge is 0.251 e. The zero-order valence-corrected chi connectivity index (χ0v) is 21.3.